The summed E-state index contributed by atoms with van der Waals surface area (Å²) in [5.41, 5.74) is 5.87. The lowest BCUT2D eigenvalue weighted by Crippen LogP contribution is -2.10. The van der Waals surface area contributed by atoms with E-state index < -0.39 is 0 Å². The summed E-state index contributed by atoms with van der Waals surface area (Å²) in [5.74, 6) is 5.45. The molecule has 0 bridgehead atoms. The number of carbonyl (C=O) groups is 1. The summed E-state index contributed by atoms with van der Waals surface area (Å²) in [4.78, 5) is 12.8. The van der Waals surface area contributed by atoms with Crippen LogP contribution in [0.4, 0.5) is 5.13 Å². The van der Waals surface area contributed by atoms with Crippen LogP contribution in [0.3, 0.4) is 0 Å². The number of hydrogen-bond acceptors (Lipinski definition) is 6. The van der Waals surface area contributed by atoms with Gasteiger partial charge in [0.2, 0.25) is 5.13 Å². The van der Waals surface area contributed by atoms with Crippen LogP contribution in [0, 0.1) is 11.8 Å². The molecule has 2 aromatic rings. The van der Waals surface area contributed by atoms with Gasteiger partial charge in [-0.25, -0.2) is 0 Å². The highest BCUT2D eigenvalue weighted by atomic mass is 32.1. The molecule has 2 aromatic heterocycles. The summed E-state index contributed by atoms with van der Waals surface area (Å²) >= 11 is 2.80. The van der Waals surface area contributed by atoms with Crippen LogP contribution in [0.15, 0.2) is 11.4 Å². The van der Waals surface area contributed by atoms with Gasteiger partial charge in [0.15, 0.2) is 0 Å². The topological polar surface area (TPSA) is 80.9 Å². The molecule has 5 nitrogen and oxygen atoms in total. The van der Waals surface area contributed by atoms with Crippen molar-refractivity contribution in [2.45, 2.75) is 13.3 Å². The number of rotatable bonds is 3. The Balaban J connectivity index is 2.05. The first-order valence-corrected chi connectivity index (χ1v) is 7.33. The zero-order valence-electron chi connectivity index (χ0n) is 10.3. The second-order valence-electron chi connectivity index (χ2n) is 3.51. The zero-order valence-corrected chi connectivity index (χ0v) is 11.9. The number of aromatic nitrogens is 2. The highest BCUT2D eigenvalue weighted by molar-refractivity contribution is 7.15. The predicted molar refractivity (Wildman–Crippen MR) is 77.5 cm³/mol. The minimum Gasteiger partial charge on any atom is -0.320 e. The van der Waals surface area contributed by atoms with Gasteiger partial charge < -0.3 is 5.73 Å². The molecule has 1 amide bonds. The molecular weight excluding hydrogens is 280 g/mol. The third-order valence-corrected chi connectivity index (χ3v) is 3.99. The third-order valence-electron chi connectivity index (χ3n) is 2.17. The van der Waals surface area contributed by atoms with Crippen molar-refractivity contribution in [2.75, 3.05) is 11.9 Å². The van der Waals surface area contributed by atoms with Gasteiger partial charge in [0, 0.05) is 5.38 Å². The Hall–Kier alpha value is -1.75. The van der Waals surface area contributed by atoms with Crippen molar-refractivity contribution in [3.05, 3.63) is 26.9 Å². The number of nitrogens with zero attached hydrogens (tertiary/aromatic N) is 2. The largest absolute Gasteiger partial charge is 0.320 e. The van der Waals surface area contributed by atoms with E-state index in [9.17, 15) is 4.79 Å². The van der Waals surface area contributed by atoms with Crippen LogP contribution in [0.1, 0.15) is 27.2 Å². The minimum absolute atomic E-state index is 0.198. The second-order valence-corrected chi connectivity index (χ2v) is 5.49. The molecule has 0 unspecified atom stereocenters. The van der Waals surface area contributed by atoms with Crippen molar-refractivity contribution < 1.29 is 4.79 Å². The quantitative estimate of drug-likeness (QED) is 0.844. The van der Waals surface area contributed by atoms with Crippen molar-refractivity contribution in [2.24, 2.45) is 5.73 Å². The van der Waals surface area contributed by atoms with Gasteiger partial charge in [0.05, 0.1) is 17.0 Å². The molecule has 0 atom stereocenters. The molecule has 19 heavy (non-hydrogen) atoms. The summed E-state index contributed by atoms with van der Waals surface area (Å²) in [5, 5.41) is 13.7. The van der Waals surface area contributed by atoms with E-state index in [1.807, 2.05) is 6.92 Å². The van der Waals surface area contributed by atoms with Gasteiger partial charge in [-0.05, 0) is 12.5 Å². The number of nitrogens with one attached hydrogen (secondary N) is 1. The SMILES string of the molecule is CCc1nnc(NC(=O)c2csc(C#CCN)c2)s1. The Labute approximate surface area is 118 Å². The van der Waals surface area contributed by atoms with Gasteiger partial charge in [-0.2, -0.15) is 0 Å². The van der Waals surface area contributed by atoms with E-state index in [1.54, 1.807) is 11.4 Å². The molecule has 3 N–H and O–H groups in total. The van der Waals surface area contributed by atoms with E-state index >= 15 is 0 Å². The maximum absolute atomic E-state index is 12.0. The molecule has 0 saturated carbocycles. The van der Waals surface area contributed by atoms with Crippen molar-refractivity contribution in [3.8, 4) is 11.8 Å². The molecule has 0 aromatic carbocycles. The van der Waals surface area contributed by atoms with Crippen molar-refractivity contribution in [3.63, 3.8) is 0 Å². The van der Waals surface area contributed by atoms with Crippen LogP contribution in [-0.4, -0.2) is 22.6 Å². The molecule has 7 heteroatoms. The molecule has 0 aliphatic heterocycles. The van der Waals surface area contributed by atoms with Crippen molar-refractivity contribution >= 4 is 33.7 Å². The number of anilines is 1. The smallest absolute Gasteiger partial charge is 0.258 e. The summed E-state index contributed by atoms with van der Waals surface area (Å²) in [6.45, 7) is 2.30. The second kappa shape index (κ2) is 6.43. The summed E-state index contributed by atoms with van der Waals surface area (Å²) in [6, 6.07) is 1.74. The standard InChI is InChI=1S/C12H12N4OS2/c1-2-10-15-16-12(19-10)14-11(17)8-6-9(18-7-8)4-3-5-13/h6-7H,2,5,13H2,1H3,(H,14,16,17). The highest BCUT2D eigenvalue weighted by Crippen LogP contribution is 2.18. The van der Waals surface area contributed by atoms with Crippen LogP contribution in [0.25, 0.3) is 0 Å². The minimum atomic E-state index is -0.198. The van der Waals surface area contributed by atoms with Gasteiger partial charge in [-0.3, -0.25) is 10.1 Å². The maximum atomic E-state index is 12.0. The van der Waals surface area contributed by atoms with Crippen LogP contribution < -0.4 is 11.1 Å². The first-order chi connectivity index (χ1) is 9.22. The molecule has 0 spiro atoms. The Morgan fingerprint density at radius 2 is 2.37 bits per heavy atom. The van der Waals surface area contributed by atoms with Crippen molar-refractivity contribution in [1.82, 2.24) is 10.2 Å². The van der Waals surface area contributed by atoms with Crippen LogP contribution >= 0.6 is 22.7 Å². The Bertz CT molecular complexity index is 635. The molecular formula is C12H12N4OS2. The highest BCUT2D eigenvalue weighted by Gasteiger charge is 2.11. The summed E-state index contributed by atoms with van der Waals surface area (Å²) in [6.07, 6.45) is 0.810. The van der Waals surface area contributed by atoms with Gasteiger partial charge in [-0.15, -0.1) is 21.5 Å². The molecule has 2 heterocycles. The Morgan fingerprint density at radius 1 is 1.53 bits per heavy atom. The van der Waals surface area contributed by atoms with Crippen LogP contribution in [0.2, 0.25) is 0 Å². The van der Waals surface area contributed by atoms with E-state index in [0.717, 1.165) is 16.3 Å². The normalized spacial score (nSPS) is 9.79. The fourth-order valence-electron chi connectivity index (χ4n) is 1.28. The molecule has 2 rings (SSSR count). The lowest BCUT2D eigenvalue weighted by molar-refractivity contribution is 0.102. The molecule has 0 radical (unpaired) electrons. The van der Waals surface area contributed by atoms with Gasteiger partial charge in [-0.1, -0.05) is 30.1 Å². The summed E-state index contributed by atoms with van der Waals surface area (Å²) in [7, 11) is 0. The molecule has 0 aliphatic rings. The lowest BCUT2D eigenvalue weighted by Gasteiger charge is -1.96. The lowest BCUT2D eigenvalue weighted by atomic mass is 10.3. The number of amides is 1. The number of aryl methyl sites for hydroxylation is 1. The number of thiophene rings is 1. The first kappa shape index (κ1) is 13.7. The van der Waals surface area contributed by atoms with E-state index in [1.165, 1.54) is 22.7 Å². The van der Waals surface area contributed by atoms with Crippen LogP contribution in [-0.2, 0) is 6.42 Å². The van der Waals surface area contributed by atoms with E-state index in [-0.39, 0.29) is 5.91 Å². The molecule has 0 saturated heterocycles. The first-order valence-electron chi connectivity index (χ1n) is 5.64. The van der Waals surface area contributed by atoms with E-state index in [0.29, 0.717) is 17.2 Å². The third kappa shape index (κ3) is 3.61. The maximum Gasteiger partial charge on any atom is 0.258 e. The fourth-order valence-corrected chi connectivity index (χ4v) is 2.70. The molecule has 0 aliphatic carbocycles. The molecule has 0 fully saturated rings. The average molecular weight is 292 g/mol. The monoisotopic (exact) mass is 292 g/mol. The van der Waals surface area contributed by atoms with Gasteiger partial charge in [0.1, 0.15) is 5.01 Å². The van der Waals surface area contributed by atoms with Gasteiger partial charge in [0.25, 0.3) is 5.91 Å². The average Bonchev–Trinajstić information content (AvgIpc) is 3.04. The van der Waals surface area contributed by atoms with E-state index in [2.05, 4.69) is 27.4 Å². The summed E-state index contributed by atoms with van der Waals surface area (Å²) < 4.78 is 0. The van der Waals surface area contributed by atoms with Crippen molar-refractivity contribution in [1.29, 1.82) is 0 Å². The Kier molecular flexibility index (Phi) is 4.63. The molecule has 98 valence electrons. The fraction of sp³-hybridized carbons (Fsp3) is 0.250. The van der Waals surface area contributed by atoms with Crippen LogP contribution in [0.5, 0.6) is 0 Å². The van der Waals surface area contributed by atoms with E-state index in [4.69, 9.17) is 5.73 Å². The number of nitrogens with two attached hydrogens (primary N) is 1. The van der Waals surface area contributed by atoms with Gasteiger partial charge >= 0.3 is 0 Å². The number of carbonyl (C=O) groups excluding carboxylic acids is 1. The Morgan fingerprint density at radius 3 is 3.05 bits per heavy atom. The number of hydrogen-bond donors (Lipinski definition) is 2. The predicted octanol–water partition coefficient (Wildman–Crippen LogP) is 1.72. The zero-order chi connectivity index (χ0) is 13.7.